The summed E-state index contributed by atoms with van der Waals surface area (Å²) in [5, 5.41) is 0.637. The van der Waals surface area contributed by atoms with E-state index in [4.69, 9.17) is 16.3 Å². The summed E-state index contributed by atoms with van der Waals surface area (Å²) in [6, 6.07) is 12.1. The van der Waals surface area contributed by atoms with Crippen molar-refractivity contribution in [1.29, 1.82) is 0 Å². The molecule has 1 aromatic heterocycles. The molecule has 5 nitrogen and oxygen atoms in total. The number of ether oxygens (including phenoxy) is 1. The Morgan fingerprint density at radius 3 is 2.52 bits per heavy atom. The highest BCUT2D eigenvalue weighted by molar-refractivity contribution is 7.16. The van der Waals surface area contributed by atoms with Gasteiger partial charge >= 0.3 is 0 Å². The maximum atomic E-state index is 12.6. The second-order valence-electron chi connectivity index (χ2n) is 5.90. The Hall–Kier alpha value is -2.28. The zero-order chi connectivity index (χ0) is 19.4. The fraction of sp³-hybridized carbons (Fsp3) is 0.250. The van der Waals surface area contributed by atoms with Crippen LogP contribution < -0.4 is 4.80 Å². The Labute approximate surface area is 165 Å². The van der Waals surface area contributed by atoms with Gasteiger partial charge in [0.05, 0.1) is 16.8 Å². The molecule has 0 aliphatic rings. The largest absolute Gasteiger partial charge is 0.380 e. The SMILES string of the molecule is CCOCCn1c(=NC(=O)c2ccc(C(C)=O)cc2)sc2cc(Cl)ccc21. The number of halogens is 1. The summed E-state index contributed by atoms with van der Waals surface area (Å²) >= 11 is 7.51. The predicted octanol–water partition coefficient (Wildman–Crippen LogP) is 4.34. The third-order valence-electron chi connectivity index (χ3n) is 4.04. The van der Waals surface area contributed by atoms with Crippen LogP contribution in [0.3, 0.4) is 0 Å². The third-order valence-corrected chi connectivity index (χ3v) is 5.32. The number of thiazole rings is 1. The molecular formula is C20H19ClN2O3S. The minimum absolute atomic E-state index is 0.0407. The minimum atomic E-state index is -0.354. The van der Waals surface area contributed by atoms with Gasteiger partial charge in [-0.3, -0.25) is 9.59 Å². The van der Waals surface area contributed by atoms with E-state index in [0.717, 1.165) is 10.2 Å². The molecule has 7 heteroatoms. The van der Waals surface area contributed by atoms with E-state index in [2.05, 4.69) is 4.99 Å². The van der Waals surface area contributed by atoms with Crippen molar-refractivity contribution in [3.05, 3.63) is 63.4 Å². The Morgan fingerprint density at radius 2 is 1.85 bits per heavy atom. The van der Waals surface area contributed by atoms with Crippen molar-refractivity contribution < 1.29 is 14.3 Å². The smallest absolute Gasteiger partial charge is 0.279 e. The second-order valence-corrected chi connectivity index (χ2v) is 7.34. The fourth-order valence-electron chi connectivity index (χ4n) is 2.65. The highest BCUT2D eigenvalue weighted by Crippen LogP contribution is 2.22. The average Bonchev–Trinajstić information content (AvgIpc) is 2.98. The fourth-order valence-corrected chi connectivity index (χ4v) is 3.98. The molecule has 3 aromatic rings. The van der Waals surface area contributed by atoms with E-state index in [-0.39, 0.29) is 11.7 Å². The van der Waals surface area contributed by atoms with Gasteiger partial charge in [0.2, 0.25) is 0 Å². The molecule has 0 N–H and O–H groups in total. The molecule has 0 saturated carbocycles. The molecule has 140 valence electrons. The van der Waals surface area contributed by atoms with Crippen molar-refractivity contribution in [3.8, 4) is 0 Å². The number of nitrogens with zero attached hydrogens (tertiary/aromatic N) is 2. The van der Waals surface area contributed by atoms with Gasteiger partial charge < -0.3 is 9.30 Å². The zero-order valence-corrected chi connectivity index (χ0v) is 16.6. The van der Waals surface area contributed by atoms with Gasteiger partial charge in [-0.05, 0) is 44.2 Å². The van der Waals surface area contributed by atoms with Crippen LogP contribution in [0, 0.1) is 0 Å². The van der Waals surface area contributed by atoms with Crippen molar-refractivity contribution >= 4 is 44.8 Å². The summed E-state index contributed by atoms with van der Waals surface area (Å²) in [4.78, 5) is 28.9. The van der Waals surface area contributed by atoms with E-state index in [1.165, 1.54) is 18.3 Å². The van der Waals surface area contributed by atoms with Crippen LogP contribution in [0.25, 0.3) is 10.2 Å². The number of Topliss-reactive ketones (excluding diaryl/α,β-unsaturated/α-hetero) is 1. The summed E-state index contributed by atoms with van der Waals surface area (Å²) in [6.07, 6.45) is 0. The maximum Gasteiger partial charge on any atom is 0.279 e. The first-order valence-corrected chi connectivity index (χ1v) is 9.75. The Bertz CT molecular complexity index is 1050. The molecule has 0 radical (unpaired) electrons. The molecule has 0 unspecified atom stereocenters. The summed E-state index contributed by atoms with van der Waals surface area (Å²) in [5.74, 6) is -0.394. The molecule has 1 heterocycles. The molecule has 0 saturated heterocycles. The predicted molar refractivity (Wildman–Crippen MR) is 108 cm³/mol. The lowest BCUT2D eigenvalue weighted by Crippen LogP contribution is -2.19. The topological polar surface area (TPSA) is 60.7 Å². The first-order valence-electron chi connectivity index (χ1n) is 8.56. The quantitative estimate of drug-likeness (QED) is 0.455. The summed E-state index contributed by atoms with van der Waals surface area (Å²) in [6.45, 7) is 5.17. The van der Waals surface area contributed by atoms with Gasteiger partial charge in [0.15, 0.2) is 10.6 Å². The number of carbonyl (C=O) groups excluding carboxylic acids is 2. The van der Waals surface area contributed by atoms with Crippen LogP contribution in [-0.4, -0.2) is 29.5 Å². The number of aromatic nitrogens is 1. The van der Waals surface area contributed by atoms with Crippen molar-refractivity contribution in [1.82, 2.24) is 4.57 Å². The first-order chi connectivity index (χ1) is 13.0. The second kappa shape index (κ2) is 8.61. The van der Waals surface area contributed by atoms with E-state index in [9.17, 15) is 9.59 Å². The molecule has 2 aromatic carbocycles. The van der Waals surface area contributed by atoms with Crippen LogP contribution in [0.1, 0.15) is 34.6 Å². The number of carbonyl (C=O) groups is 2. The number of benzene rings is 2. The average molecular weight is 403 g/mol. The molecule has 3 rings (SSSR count). The summed E-state index contributed by atoms with van der Waals surface area (Å²) in [7, 11) is 0. The van der Waals surface area contributed by atoms with Gasteiger partial charge in [-0.2, -0.15) is 4.99 Å². The van der Waals surface area contributed by atoms with Crippen LogP contribution in [0.4, 0.5) is 0 Å². The van der Waals surface area contributed by atoms with Crippen LogP contribution in [0.15, 0.2) is 47.5 Å². The lowest BCUT2D eigenvalue weighted by Gasteiger charge is -2.05. The van der Waals surface area contributed by atoms with Gasteiger partial charge in [-0.15, -0.1) is 0 Å². The number of hydrogen-bond donors (Lipinski definition) is 0. The summed E-state index contributed by atoms with van der Waals surface area (Å²) in [5.41, 5.74) is 1.96. The summed E-state index contributed by atoms with van der Waals surface area (Å²) < 4.78 is 8.38. The molecule has 27 heavy (non-hydrogen) atoms. The van der Waals surface area contributed by atoms with Crippen LogP contribution >= 0.6 is 22.9 Å². The highest BCUT2D eigenvalue weighted by atomic mass is 35.5. The van der Waals surface area contributed by atoms with E-state index < -0.39 is 0 Å². The normalized spacial score (nSPS) is 11.9. The first kappa shape index (κ1) is 19.5. The van der Waals surface area contributed by atoms with E-state index >= 15 is 0 Å². The van der Waals surface area contributed by atoms with Crippen molar-refractivity contribution in [2.75, 3.05) is 13.2 Å². The Kier molecular flexibility index (Phi) is 6.21. The minimum Gasteiger partial charge on any atom is -0.380 e. The van der Waals surface area contributed by atoms with E-state index in [0.29, 0.717) is 40.7 Å². The molecule has 0 spiro atoms. The molecule has 1 amide bonds. The van der Waals surface area contributed by atoms with Gasteiger partial charge in [0.25, 0.3) is 5.91 Å². The highest BCUT2D eigenvalue weighted by Gasteiger charge is 2.10. The van der Waals surface area contributed by atoms with Crippen LogP contribution in [0.2, 0.25) is 5.02 Å². The van der Waals surface area contributed by atoms with Gasteiger partial charge in [0.1, 0.15) is 0 Å². The van der Waals surface area contributed by atoms with Crippen molar-refractivity contribution in [3.63, 3.8) is 0 Å². The number of hydrogen-bond acceptors (Lipinski definition) is 4. The molecule has 0 bridgehead atoms. The Morgan fingerprint density at radius 1 is 1.15 bits per heavy atom. The zero-order valence-electron chi connectivity index (χ0n) is 15.1. The van der Waals surface area contributed by atoms with Gasteiger partial charge in [-0.25, -0.2) is 0 Å². The van der Waals surface area contributed by atoms with E-state index in [1.54, 1.807) is 24.3 Å². The van der Waals surface area contributed by atoms with Gasteiger partial charge in [-0.1, -0.05) is 35.1 Å². The monoisotopic (exact) mass is 402 g/mol. The third kappa shape index (κ3) is 4.53. The number of ketones is 1. The van der Waals surface area contributed by atoms with Crippen LogP contribution in [0.5, 0.6) is 0 Å². The molecule has 0 aliphatic carbocycles. The standard InChI is InChI=1S/C20H19ClN2O3S/c1-3-26-11-10-23-17-9-8-16(21)12-18(17)27-20(23)22-19(25)15-6-4-14(5-7-15)13(2)24/h4-9,12H,3,10-11H2,1-2H3. The maximum absolute atomic E-state index is 12.6. The lowest BCUT2D eigenvalue weighted by atomic mass is 10.1. The molecule has 0 fully saturated rings. The van der Waals surface area contributed by atoms with Crippen LogP contribution in [-0.2, 0) is 11.3 Å². The Balaban J connectivity index is 2.01. The molecule has 0 aliphatic heterocycles. The van der Waals surface area contributed by atoms with Crippen molar-refractivity contribution in [2.24, 2.45) is 4.99 Å². The number of fused-ring (bicyclic) bond motifs is 1. The molecule has 0 atom stereocenters. The number of rotatable bonds is 6. The van der Waals surface area contributed by atoms with Gasteiger partial charge in [0, 0.05) is 29.3 Å². The van der Waals surface area contributed by atoms with E-state index in [1.807, 2.05) is 29.7 Å². The number of amides is 1. The molecular weight excluding hydrogens is 384 g/mol. The van der Waals surface area contributed by atoms with Crippen molar-refractivity contribution in [2.45, 2.75) is 20.4 Å². The lowest BCUT2D eigenvalue weighted by molar-refractivity contribution is 0.0990.